The van der Waals surface area contributed by atoms with Crippen LogP contribution in [0.5, 0.6) is 0 Å². The average Bonchev–Trinajstić information content (AvgIpc) is 3.71. The maximum absolute atomic E-state index is 13.9. The molecule has 1 aliphatic heterocycles. The Hall–Kier alpha value is -2.31. The summed E-state index contributed by atoms with van der Waals surface area (Å²) in [5, 5.41) is 3.31. The molecule has 2 saturated carbocycles. The van der Waals surface area contributed by atoms with Crippen LogP contribution in [-0.2, 0) is 12.3 Å². The van der Waals surface area contributed by atoms with E-state index in [1.807, 2.05) is 13.0 Å². The smallest absolute Gasteiger partial charge is 0.270 e. The first-order valence-corrected chi connectivity index (χ1v) is 14.1. The Morgan fingerprint density at radius 1 is 1.08 bits per heavy atom. The molecule has 2 atom stereocenters. The Bertz CT molecular complexity index is 1080. The summed E-state index contributed by atoms with van der Waals surface area (Å²) in [6.45, 7) is 9.34. The molecular weight excluding hydrogens is 468 g/mol. The van der Waals surface area contributed by atoms with Gasteiger partial charge in [0, 0.05) is 67.8 Å². The van der Waals surface area contributed by atoms with Gasteiger partial charge < -0.3 is 5.32 Å². The van der Waals surface area contributed by atoms with Crippen molar-refractivity contribution in [3.63, 3.8) is 0 Å². The molecule has 1 amide bonds. The number of nitrogens with one attached hydrogen (secondary N) is 1. The van der Waals surface area contributed by atoms with Crippen molar-refractivity contribution in [1.82, 2.24) is 15.1 Å². The summed E-state index contributed by atoms with van der Waals surface area (Å²) >= 11 is 0. The van der Waals surface area contributed by atoms with Crippen LogP contribution in [0.4, 0.5) is 8.78 Å². The number of carbonyl (C=O) groups excluding carboxylic acids is 1. The number of benzene rings is 2. The number of hydrogen-bond acceptors (Lipinski definition) is 3. The van der Waals surface area contributed by atoms with Crippen LogP contribution in [-0.4, -0.2) is 59.5 Å². The number of nitrogens with zero attached hydrogens (tertiary/aromatic N) is 2. The summed E-state index contributed by atoms with van der Waals surface area (Å²) in [4.78, 5) is 18.9. The van der Waals surface area contributed by atoms with Crippen molar-refractivity contribution in [3.8, 4) is 0 Å². The fourth-order valence-corrected chi connectivity index (χ4v) is 6.81. The van der Waals surface area contributed by atoms with E-state index in [9.17, 15) is 13.6 Å². The lowest BCUT2D eigenvalue weighted by atomic mass is 9.62. The third-order valence-electron chi connectivity index (χ3n) is 9.06. The lowest BCUT2D eigenvalue weighted by molar-refractivity contribution is -0.0448. The number of piperazine rings is 1. The molecule has 2 aliphatic carbocycles. The number of hydrogen-bond donors (Lipinski definition) is 1. The van der Waals surface area contributed by atoms with Crippen LogP contribution in [0.1, 0.15) is 85.8 Å². The van der Waals surface area contributed by atoms with Gasteiger partial charge in [-0.2, -0.15) is 0 Å². The standard InChI is InChI=1S/C31H41F2N3O/c1-4-23-21-25(30(3,32)33)11-14-27(23)29(37)34-22(2)28(24-9-6-5-7-10-24)31(15-8-16-31)36-19-17-35(18-20-36)26-12-13-26/h5-7,9-11,14,21-22,26,28H,4,8,12-13,15-20H2,1-3H3,(H,34,37). The second kappa shape index (κ2) is 10.5. The Kier molecular flexibility index (Phi) is 7.43. The van der Waals surface area contributed by atoms with Gasteiger partial charge >= 0.3 is 0 Å². The molecule has 2 aromatic carbocycles. The van der Waals surface area contributed by atoms with E-state index in [1.54, 1.807) is 6.07 Å². The summed E-state index contributed by atoms with van der Waals surface area (Å²) in [6.07, 6.45) is 6.69. The summed E-state index contributed by atoms with van der Waals surface area (Å²) in [7, 11) is 0. The number of alkyl halides is 2. The van der Waals surface area contributed by atoms with Crippen molar-refractivity contribution in [2.45, 2.75) is 88.8 Å². The number of rotatable bonds is 9. The van der Waals surface area contributed by atoms with Gasteiger partial charge in [0.05, 0.1) is 0 Å². The van der Waals surface area contributed by atoms with Gasteiger partial charge in [-0.15, -0.1) is 0 Å². The molecular formula is C31H41F2N3O. The van der Waals surface area contributed by atoms with Crippen LogP contribution in [0.3, 0.4) is 0 Å². The first kappa shape index (κ1) is 26.3. The Labute approximate surface area is 220 Å². The molecule has 1 N–H and O–H groups in total. The van der Waals surface area contributed by atoms with E-state index in [-0.39, 0.29) is 29.0 Å². The molecule has 3 fully saturated rings. The maximum atomic E-state index is 13.9. The second-order valence-corrected chi connectivity index (χ2v) is 11.5. The highest BCUT2D eigenvalue weighted by Gasteiger charge is 2.52. The molecule has 0 radical (unpaired) electrons. The average molecular weight is 510 g/mol. The van der Waals surface area contributed by atoms with Crippen molar-refractivity contribution < 1.29 is 13.6 Å². The Balaban J connectivity index is 1.40. The van der Waals surface area contributed by atoms with Crippen LogP contribution >= 0.6 is 0 Å². The SMILES string of the molecule is CCc1cc(C(C)(F)F)ccc1C(=O)NC(C)C(c1ccccc1)C1(N2CCN(C3CC3)CC2)CCC1. The van der Waals surface area contributed by atoms with Gasteiger partial charge in [-0.1, -0.05) is 43.3 Å². The van der Waals surface area contributed by atoms with Crippen LogP contribution in [0, 0.1) is 0 Å². The largest absolute Gasteiger partial charge is 0.349 e. The lowest BCUT2D eigenvalue weighted by Gasteiger charge is -2.58. The van der Waals surface area contributed by atoms with Crippen molar-refractivity contribution in [2.24, 2.45) is 0 Å². The van der Waals surface area contributed by atoms with Crippen LogP contribution in [0.15, 0.2) is 48.5 Å². The summed E-state index contributed by atoms with van der Waals surface area (Å²) in [6, 6.07) is 15.8. The molecule has 4 nitrogen and oxygen atoms in total. The monoisotopic (exact) mass is 509 g/mol. The van der Waals surface area contributed by atoms with Crippen LogP contribution in [0.25, 0.3) is 0 Å². The highest BCUT2D eigenvalue weighted by Crippen LogP contribution is 2.50. The molecule has 200 valence electrons. The molecule has 37 heavy (non-hydrogen) atoms. The van der Waals surface area contributed by atoms with Gasteiger partial charge in [0.2, 0.25) is 0 Å². The van der Waals surface area contributed by atoms with E-state index < -0.39 is 5.92 Å². The predicted octanol–water partition coefficient (Wildman–Crippen LogP) is 5.97. The van der Waals surface area contributed by atoms with Gasteiger partial charge in [0.1, 0.15) is 0 Å². The zero-order chi connectivity index (χ0) is 26.2. The van der Waals surface area contributed by atoms with Gasteiger partial charge in [0.15, 0.2) is 0 Å². The van der Waals surface area contributed by atoms with Gasteiger partial charge in [0.25, 0.3) is 11.8 Å². The molecule has 0 spiro atoms. The number of aryl methyl sites for hydroxylation is 1. The van der Waals surface area contributed by atoms with Crippen molar-refractivity contribution in [1.29, 1.82) is 0 Å². The molecule has 0 bridgehead atoms. The zero-order valence-corrected chi connectivity index (χ0v) is 22.5. The van der Waals surface area contributed by atoms with Crippen molar-refractivity contribution >= 4 is 5.91 Å². The van der Waals surface area contributed by atoms with Gasteiger partial charge in [-0.25, -0.2) is 8.78 Å². The molecule has 3 aliphatic rings. The molecule has 5 rings (SSSR count). The van der Waals surface area contributed by atoms with E-state index >= 15 is 0 Å². The zero-order valence-electron chi connectivity index (χ0n) is 22.5. The highest BCUT2D eigenvalue weighted by atomic mass is 19.3. The minimum atomic E-state index is -2.93. The van der Waals surface area contributed by atoms with Crippen molar-refractivity contribution in [2.75, 3.05) is 26.2 Å². The van der Waals surface area contributed by atoms with Crippen LogP contribution in [0.2, 0.25) is 0 Å². The topological polar surface area (TPSA) is 35.6 Å². The van der Waals surface area contributed by atoms with E-state index in [4.69, 9.17) is 0 Å². The maximum Gasteiger partial charge on any atom is 0.270 e. The molecule has 1 saturated heterocycles. The fourth-order valence-electron chi connectivity index (χ4n) is 6.81. The molecule has 6 heteroatoms. The quantitative estimate of drug-likeness (QED) is 0.453. The predicted molar refractivity (Wildman–Crippen MR) is 144 cm³/mol. The summed E-state index contributed by atoms with van der Waals surface area (Å²) in [5.41, 5.74) is 2.40. The number of amides is 1. The Morgan fingerprint density at radius 3 is 2.30 bits per heavy atom. The third-order valence-corrected chi connectivity index (χ3v) is 9.06. The summed E-state index contributed by atoms with van der Waals surface area (Å²) in [5.74, 6) is -2.95. The highest BCUT2D eigenvalue weighted by molar-refractivity contribution is 5.96. The minimum absolute atomic E-state index is 0.0331. The summed E-state index contributed by atoms with van der Waals surface area (Å²) < 4.78 is 27.8. The van der Waals surface area contributed by atoms with E-state index in [2.05, 4.69) is 46.3 Å². The van der Waals surface area contributed by atoms with Crippen molar-refractivity contribution in [3.05, 3.63) is 70.8 Å². The van der Waals surface area contributed by atoms with E-state index in [0.717, 1.165) is 52.0 Å². The lowest BCUT2D eigenvalue weighted by Crippen LogP contribution is -2.65. The minimum Gasteiger partial charge on any atom is -0.349 e. The molecule has 1 heterocycles. The molecule has 2 aromatic rings. The normalized spacial score (nSPS) is 22.2. The van der Waals surface area contributed by atoms with Gasteiger partial charge in [-0.3, -0.25) is 14.6 Å². The van der Waals surface area contributed by atoms with E-state index in [0.29, 0.717) is 17.5 Å². The fraction of sp³-hybridized carbons (Fsp3) is 0.581. The molecule has 2 unspecified atom stereocenters. The van der Waals surface area contributed by atoms with E-state index in [1.165, 1.54) is 37.0 Å². The first-order valence-electron chi connectivity index (χ1n) is 14.1. The second-order valence-electron chi connectivity index (χ2n) is 11.5. The number of halogens is 2. The van der Waals surface area contributed by atoms with Crippen LogP contribution < -0.4 is 5.32 Å². The first-order chi connectivity index (χ1) is 17.7. The third kappa shape index (κ3) is 5.33. The van der Waals surface area contributed by atoms with Gasteiger partial charge in [-0.05, 0) is 68.7 Å². The Morgan fingerprint density at radius 2 is 1.76 bits per heavy atom. The molecule has 0 aromatic heterocycles. The number of carbonyl (C=O) groups is 1.